The molecular formula is C14H22N2O2. The Hall–Kier alpha value is -1.55. The zero-order valence-corrected chi connectivity index (χ0v) is 11.1. The van der Waals surface area contributed by atoms with Crippen LogP contribution in [0.2, 0.25) is 0 Å². The molecule has 0 spiro atoms. The number of hydrogen-bond donors (Lipinski definition) is 2. The van der Waals surface area contributed by atoms with Crippen molar-refractivity contribution in [2.24, 2.45) is 5.73 Å². The van der Waals surface area contributed by atoms with E-state index in [4.69, 9.17) is 10.5 Å². The van der Waals surface area contributed by atoms with Crippen molar-refractivity contribution in [1.82, 2.24) is 5.32 Å². The first-order valence-electron chi connectivity index (χ1n) is 6.28. The van der Waals surface area contributed by atoms with E-state index in [2.05, 4.69) is 5.32 Å². The average molecular weight is 250 g/mol. The number of hydrogen-bond acceptors (Lipinski definition) is 3. The fourth-order valence-electron chi connectivity index (χ4n) is 1.73. The van der Waals surface area contributed by atoms with Gasteiger partial charge >= 0.3 is 0 Å². The monoisotopic (exact) mass is 250 g/mol. The van der Waals surface area contributed by atoms with Crippen LogP contribution in [-0.2, 0) is 11.2 Å². The van der Waals surface area contributed by atoms with E-state index in [1.807, 2.05) is 31.2 Å². The van der Waals surface area contributed by atoms with Gasteiger partial charge in [0.25, 0.3) is 0 Å². The minimum absolute atomic E-state index is 0.0275. The Morgan fingerprint density at radius 1 is 1.39 bits per heavy atom. The SMILES string of the molecule is COc1ccc(CCC(C)NC(=O)CCN)cc1. The van der Waals surface area contributed by atoms with Gasteiger partial charge in [0.1, 0.15) is 5.75 Å². The molecule has 0 bridgehead atoms. The van der Waals surface area contributed by atoms with Gasteiger partial charge in [-0.15, -0.1) is 0 Å². The number of rotatable bonds is 7. The van der Waals surface area contributed by atoms with Crippen LogP contribution < -0.4 is 15.8 Å². The highest BCUT2D eigenvalue weighted by molar-refractivity contribution is 5.76. The number of nitrogens with one attached hydrogen (secondary N) is 1. The topological polar surface area (TPSA) is 64.3 Å². The number of benzene rings is 1. The number of amides is 1. The Morgan fingerprint density at radius 3 is 2.61 bits per heavy atom. The molecule has 0 aromatic heterocycles. The highest BCUT2D eigenvalue weighted by Gasteiger charge is 2.06. The molecule has 1 amide bonds. The summed E-state index contributed by atoms with van der Waals surface area (Å²) in [6.45, 7) is 2.41. The van der Waals surface area contributed by atoms with E-state index >= 15 is 0 Å². The van der Waals surface area contributed by atoms with Gasteiger partial charge in [0.05, 0.1) is 7.11 Å². The average Bonchev–Trinajstić information content (AvgIpc) is 2.37. The quantitative estimate of drug-likeness (QED) is 0.770. The van der Waals surface area contributed by atoms with Crippen LogP contribution in [0.3, 0.4) is 0 Å². The van der Waals surface area contributed by atoms with Crippen LogP contribution >= 0.6 is 0 Å². The van der Waals surface area contributed by atoms with Crippen LogP contribution in [0, 0.1) is 0 Å². The zero-order chi connectivity index (χ0) is 13.4. The van der Waals surface area contributed by atoms with Gasteiger partial charge in [0, 0.05) is 19.0 Å². The number of ether oxygens (including phenoxy) is 1. The maximum atomic E-state index is 11.3. The maximum Gasteiger partial charge on any atom is 0.221 e. The Labute approximate surface area is 109 Å². The van der Waals surface area contributed by atoms with Gasteiger partial charge in [0.2, 0.25) is 5.91 Å². The third-order valence-corrected chi connectivity index (χ3v) is 2.80. The van der Waals surface area contributed by atoms with Gasteiger partial charge in [-0.3, -0.25) is 4.79 Å². The molecule has 18 heavy (non-hydrogen) atoms. The smallest absolute Gasteiger partial charge is 0.221 e. The third kappa shape index (κ3) is 5.19. The lowest BCUT2D eigenvalue weighted by atomic mass is 10.1. The minimum atomic E-state index is 0.0275. The number of nitrogens with two attached hydrogens (primary N) is 1. The molecule has 100 valence electrons. The van der Waals surface area contributed by atoms with Crippen LogP contribution in [-0.4, -0.2) is 25.6 Å². The van der Waals surface area contributed by atoms with Crippen LogP contribution in [0.4, 0.5) is 0 Å². The number of carbonyl (C=O) groups is 1. The molecular weight excluding hydrogens is 228 g/mol. The first kappa shape index (κ1) is 14.5. The Bertz CT molecular complexity index is 363. The molecule has 1 atom stereocenters. The summed E-state index contributed by atoms with van der Waals surface area (Å²) in [4.78, 5) is 11.3. The third-order valence-electron chi connectivity index (χ3n) is 2.80. The molecule has 0 saturated heterocycles. The van der Waals surface area contributed by atoms with Crippen LogP contribution in [0.15, 0.2) is 24.3 Å². The van der Waals surface area contributed by atoms with Crippen LogP contribution in [0.5, 0.6) is 5.75 Å². The molecule has 0 fully saturated rings. The van der Waals surface area contributed by atoms with Crippen molar-refractivity contribution in [2.75, 3.05) is 13.7 Å². The van der Waals surface area contributed by atoms with Crippen molar-refractivity contribution < 1.29 is 9.53 Å². The summed E-state index contributed by atoms with van der Waals surface area (Å²) in [7, 11) is 1.66. The molecule has 1 rings (SSSR count). The molecule has 0 aliphatic heterocycles. The summed E-state index contributed by atoms with van der Waals surface area (Å²) in [5, 5.41) is 2.93. The highest BCUT2D eigenvalue weighted by atomic mass is 16.5. The van der Waals surface area contributed by atoms with Gasteiger partial charge in [-0.25, -0.2) is 0 Å². The Balaban J connectivity index is 2.32. The van der Waals surface area contributed by atoms with E-state index in [1.165, 1.54) is 5.56 Å². The number of carbonyl (C=O) groups excluding carboxylic acids is 1. The van der Waals surface area contributed by atoms with Gasteiger partial charge < -0.3 is 15.8 Å². The van der Waals surface area contributed by atoms with Crippen LogP contribution in [0.25, 0.3) is 0 Å². The Morgan fingerprint density at radius 2 is 2.06 bits per heavy atom. The van der Waals surface area contributed by atoms with E-state index in [0.29, 0.717) is 13.0 Å². The van der Waals surface area contributed by atoms with Crippen molar-refractivity contribution >= 4 is 5.91 Å². The van der Waals surface area contributed by atoms with E-state index in [-0.39, 0.29) is 11.9 Å². The lowest BCUT2D eigenvalue weighted by molar-refractivity contribution is -0.121. The standard InChI is InChI=1S/C14H22N2O2/c1-11(16-14(17)9-10-15)3-4-12-5-7-13(18-2)8-6-12/h5-8,11H,3-4,9-10,15H2,1-2H3,(H,16,17). The van der Waals surface area contributed by atoms with Gasteiger partial charge in [-0.05, 0) is 37.5 Å². The molecule has 1 aromatic rings. The maximum absolute atomic E-state index is 11.3. The fourth-order valence-corrected chi connectivity index (χ4v) is 1.73. The highest BCUT2D eigenvalue weighted by Crippen LogP contribution is 2.13. The zero-order valence-electron chi connectivity index (χ0n) is 11.1. The van der Waals surface area contributed by atoms with Gasteiger partial charge in [-0.2, -0.15) is 0 Å². The molecule has 4 nitrogen and oxygen atoms in total. The van der Waals surface area contributed by atoms with E-state index in [9.17, 15) is 4.79 Å². The minimum Gasteiger partial charge on any atom is -0.497 e. The van der Waals surface area contributed by atoms with Crippen molar-refractivity contribution in [3.05, 3.63) is 29.8 Å². The summed E-state index contributed by atoms with van der Waals surface area (Å²) in [5.41, 5.74) is 6.57. The molecule has 0 saturated carbocycles. The first-order chi connectivity index (χ1) is 8.65. The molecule has 0 aliphatic rings. The second-order valence-electron chi connectivity index (χ2n) is 4.39. The predicted octanol–water partition coefficient (Wildman–Crippen LogP) is 1.48. The summed E-state index contributed by atoms with van der Waals surface area (Å²) in [5.74, 6) is 0.891. The number of methoxy groups -OCH3 is 1. The lowest BCUT2D eigenvalue weighted by Gasteiger charge is -2.13. The predicted molar refractivity (Wildman–Crippen MR) is 72.6 cm³/mol. The van der Waals surface area contributed by atoms with Crippen molar-refractivity contribution in [2.45, 2.75) is 32.2 Å². The van der Waals surface area contributed by atoms with Gasteiger partial charge in [0.15, 0.2) is 0 Å². The van der Waals surface area contributed by atoms with E-state index in [1.54, 1.807) is 7.11 Å². The summed E-state index contributed by atoms with van der Waals surface area (Å²) >= 11 is 0. The second-order valence-corrected chi connectivity index (χ2v) is 4.39. The molecule has 3 N–H and O–H groups in total. The summed E-state index contributed by atoms with van der Waals surface area (Å²) in [6, 6.07) is 8.17. The molecule has 4 heteroatoms. The second kappa shape index (κ2) is 7.71. The van der Waals surface area contributed by atoms with Crippen molar-refractivity contribution in [1.29, 1.82) is 0 Å². The molecule has 0 heterocycles. The van der Waals surface area contributed by atoms with Crippen LogP contribution in [0.1, 0.15) is 25.3 Å². The number of aryl methyl sites for hydroxylation is 1. The van der Waals surface area contributed by atoms with E-state index < -0.39 is 0 Å². The first-order valence-corrected chi connectivity index (χ1v) is 6.28. The largest absolute Gasteiger partial charge is 0.497 e. The van der Waals surface area contributed by atoms with Crippen molar-refractivity contribution in [3.63, 3.8) is 0 Å². The summed E-state index contributed by atoms with van der Waals surface area (Å²) < 4.78 is 5.11. The van der Waals surface area contributed by atoms with Gasteiger partial charge in [-0.1, -0.05) is 12.1 Å². The normalized spacial score (nSPS) is 11.9. The molecule has 1 unspecified atom stereocenters. The molecule has 0 radical (unpaired) electrons. The fraction of sp³-hybridized carbons (Fsp3) is 0.500. The lowest BCUT2D eigenvalue weighted by Crippen LogP contribution is -2.33. The Kier molecular flexibility index (Phi) is 6.22. The summed E-state index contributed by atoms with van der Waals surface area (Å²) in [6.07, 6.45) is 2.25. The van der Waals surface area contributed by atoms with E-state index in [0.717, 1.165) is 18.6 Å². The van der Waals surface area contributed by atoms with Crippen molar-refractivity contribution in [3.8, 4) is 5.75 Å². The molecule has 1 aromatic carbocycles. The molecule has 0 aliphatic carbocycles.